The lowest BCUT2D eigenvalue weighted by molar-refractivity contribution is -0.120. The van der Waals surface area contributed by atoms with E-state index in [1.807, 2.05) is 0 Å². The number of nitrogens with one attached hydrogen (secondary N) is 2. The van der Waals surface area contributed by atoms with Crippen LogP contribution in [0.25, 0.3) is 11.4 Å². The van der Waals surface area contributed by atoms with Crippen molar-refractivity contribution in [3.8, 4) is 11.4 Å². The number of amides is 1. The van der Waals surface area contributed by atoms with Crippen LogP contribution in [0.2, 0.25) is 5.15 Å². The number of aromatic amines is 1. The van der Waals surface area contributed by atoms with Crippen LogP contribution >= 0.6 is 11.6 Å². The van der Waals surface area contributed by atoms with E-state index in [2.05, 4.69) is 20.3 Å². The SMILES string of the molecule is Cc1cc(=O)[nH]c(-c2cccc(NC(=O)C3CCN(S(=O)(=O)c4cccnc4Cl)CC3)c2)n1. The Labute approximate surface area is 195 Å². The number of halogens is 1. The Morgan fingerprint density at radius 2 is 1.94 bits per heavy atom. The summed E-state index contributed by atoms with van der Waals surface area (Å²) in [7, 11) is -3.77. The maximum Gasteiger partial charge on any atom is 0.251 e. The minimum absolute atomic E-state index is 0.0332. The van der Waals surface area contributed by atoms with Gasteiger partial charge in [-0.25, -0.2) is 18.4 Å². The van der Waals surface area contributed by atoms with Crippen molar-refractivity contribution in [3.63, 3.8) is 0 Å². The molecule has 0 atom stereocenters. The fourth-order valence-corrected chi connectivity index (χ4v) is 5.66. The molecule has 1 aliphatic heterocycles. The summed E-state index contributed by atoms with van der Waals surface area (Å²) in [5.74, 6) is -0.0978. The van der Waals surface area contributed by atoms with Crippen LogP contribution in [-0.2, 0) is 14.8 Å². The molecule has 0 spiro atoms. The molecule has 0 radical (unpaired) electrons. The molecule has 4 rings (SSSR count). The van der Waals surface area contributed by atoms with Gasteiger partial charge in [0.1, 0.15) is 15.9 Å². The van der Waals surface area contributed by atoms with Gasteiger partial charge in [0.05, 0.1) is 0 Å². The lowest BCUT2D eigenvalue weighted by Crippen LogP contribution is -2.41. The Hall–Kier alpha value is -3.08. The molecule has 3 heterocycles. The van der Waals surface area contributed by atoms with Crippen molar-refractivity contribution in [1.82, 2.24) is 19.3 Å². The molecule has 0 aliphatic carbocycles. The van der Waals surface area contributed by atoms with Gasteiger partial charge in [0.25, 0.3) is 5.56 Å². The number of carbonyl (C=O) groups excluding carboxylic acids is 1. The first-order valence-electron chi connectivity index (χ1n) is 10.3. The second kappa shape index (κ2) is 9.42. The van der Waals surface area contributed by atoms with Gasteiger partial charge >= 0.3 is 0 Å². The predicted molar refractivity (Wildman–Crippen MR) is 124 cm³/mol. The number of sulfonamides is 1. The van der Waals surface area contributed by atoms with Gasteiger partial charge < -0.3 is 10.3 Å². The van der Waals surface area contributed by atoms with E-state index in [9.17, 15) is 18.0 Å². The number of hydrogen-bond acceptors (Lipinski definition) is 6. The average molecular weight is 488 g/mol. The Morgan fingerprint density at radius 1 is 1.18 bits per heavy atom. The number of hydrogen-bond donors (Lipinski definition) is 2. The van der Waals surface area contributed by atoms with Crippen LogP contribution in [0.4, 0.5) is 5.69 Å². The predicted octanol–water partition coefficient (Wildman–Crippen LogP) is 2.83. The third kappa shape index (κ3) is 5.13. The number of H-pyrrole nitrogens is 1. The van der Waals surface area contributed by atoms with Crippen LogP contribution in [0, 0.1) is 12.8 Å². The van der Waals surface area contributed by atoms with Crippen LogP contribution in [0.3, 0.4) is 0 Å². The first-order valence-corrected chi connectivity index (χ1v) is 12.2. The molecule has 33 heavy (non-hydrogen) atoms. The minimum atomic E-state index is -3.77. The van der Waals surface area contributed by atoms with Gasteiger partial charge in [0, 0.05) is 48.2 Å². The molecule has 2 N–H and O–H groups in total. The zero-order valence-electron chi connectivity index (χ0n) is 17.8. The molecule has 0 bridgehead atoms. The molecular weight excluding hydrogens is 466 g/mol. The van der Waals surface area contributed by atoms with Gasteiger partial charge in [-0.15, -0.1) is 0 Å². The second-order valence-electron chi connectivity index (χ2n) is 7.78. The molecule has 172 valence electrons. The van der Waals surface area contributed by atoms with E-state index in [1.165, 1.54) is 28.7 Å². The van der Waals surface area contributed by atoms with Gasteiger partial charge in [0.15, 0.2) is 0 Å². The highest BCUT2D eigenvalue weighted by atomic mass is 35.5. The molecule has 2 aromatic heterocycles. The third-order valence-corrected chi connectivity index (χ3v) is 7.78. The van der Waals surface area contributed by atoms with Gasteiger partial charge in [-0.3, -0.25) is 9.59 Å². The Morgan fingerprint density at radius 3 is 2.64 bits per heavy atom. The summed E-state index contributed by atoms with van der Waals surface area (Å²) in [6.45, 7) is 2.15. The molecule has 1 saturated heterocycles. The molecule has 1 aromatic carbocycles. The highest BCUT2D eigenvalue weighted by molar-refractivity contribution is 7.89. The number of nitrogens with zero attached hydrogens (tertiary/aromatic N) is 3. The quantitative estimate of drug-likeness (QED) is 0.533. The fraction of sp³-hybridized carbons (Fsp3) is 0.273. The highest BCUT2D eigenvalue weighted by Gasteiger charge is 2.33. The molecule has 1 aliphatic rings. The summed E-state index contributed by atoms with van der Waals surface area (Å²) in [5.41, 5.74) is 1.58. The van der Waals surface area contributed by atoms with Crippen LogP contribution in [-0.4, -0.2) is 46.7 Å². The van der Waals surface area contributed by atoms with Crippen molar-refractivity contribution in [2.24, 2.45) is 5.92 Å². The molecule has 9 nitrogen and oxygen atoms in total. The molecular formula is C22H22ClN5O4S. The van der Waals surface area contributed by atoms with E-state index >= 15 is 0 Å². The molecule has 0 unspecified atom stereocenters. The van der Waals surface area contributed by atoms with Crippen LogP contribution in [0.5, 0.6) is 0 Å². The van der Waals surface area contributed by atoms with Crippen LogP contribution in [0.1, 0.15) is 18.5 Å². The van der Waals surface area contributed by atoms with Crippen molar-refractivity contribution >= 4 is 33.2 Å². The van der Waals surface area contributed by atoms with E-state index < -0.39 is 10.0 Å². The summed E-state index contributed by atoms with van der Waals surface area (Å²) in [4.78, 5) is 35.4. The largest absolute Gasteiger partial charge is 0.326 e. The number of aromatic nitrogens is 3. The van der Waals surface area contributed by atoms with Crippen molar-refractivity contribution in [1.29, 1.82) is 0 Å². The van der Waals surface area contributed by atoms with Crippen molar-refractivity contribution in [2.75, 3.05) is 18.4 Å². The van der Waals surface area contributed by atoms with Crippen molar-refractivity contribution in [2.45, 2.75) is 24.7 Å². The number of aryl methyl sites for hydroxylation is 1. The molecule has 0 saturated carbocycles. The third-order valence-electron chi connectivity index (χ3n) is 5.44. The van der Waals surface area contributed by atoms with Crippen molar-refractivity contribution < 1.29 is 13.2 Å². The number of benzene rings is 1. The summed E-state index contributed by atoms with van der Waals surface area (Å²) in [5, 5.41) is 2.82. The lowest BCUT2D eigenvalue weighted by atomic mass is 9.97. The maximum atomic E-state index is 12.9. The Bertz CT molecular complexity index is 1350. The number of rotatable bonds is 5. The molecule has 1 fully saturated rings. The summed E-state index contributed by atoms with van der Waals surface area (Å²) >= 11 is 5.97. The molecule has 11 heteroatoms. The minimum Gasteiger partial charge on any atom is -0.326 e. The maximum absolute atomic E-state index is 12.9. The molecule has 1 amide bonds. The van der Waals surface area contributed by atoms with Gasteiger partial charge in [-0.1, -0.05) is 23.7 Å². The first kappa shape index (κ1) is 23.1. The lowest BCUT2D eigenvalue weighted by Gasteiger charge is -2.30. The Kier molecular flexibility index (Phi) is 6.59. The first-order chi connectivity index (χ1) is 15.7. The van der Waals surface area contributed by atoms with Crippen LogP contribution < -0.4 is 10.9 Å². The van der Waals surface area contributed by atoms with Gasteiger partial charge in [-0.2, -0.15) is 4.31 Å². The van der Waals surface area contributed by atoms with E-state index in [1.54, 1.807) is 31.2 Å². The standard InChI is InChI=1S/C22H22ClN5O4S/c1-14-12-19(29)27-21(25-14)16-4-2-5-17(13-16)26-22(30)15-7-10-28(11-8-15)33(31,32)18-6-3-9-24-20(18)23/h2-6,9,12-13,15H,7-8,10-11H2,1H3,(H,26,30)(H,25,27,29). The monoisotopic (exact) mass is 487 g/mol. The van der Waals surface area contributed by atoms with Gasteiger partial charge in [0.2, 0.25) is 15.9 Å². The van der Waals surface area contributed by atoms with Crippen LogP contribution in [0.15, 0.2) is 58.4 Å². The van der Waals surface area contributed by atoms with E-state index in [0.29, 0.717) is 35.6 Å². The number of pyridine rings is 1. The molecule has 3 aromatic rings. The number of piperidine rings is 1. The number of carbonyl (C=O) groups is 1. The smallest absolute Gasteiger partial charge is 0.251 e. The highest BCUT2D eigenvalue weighted by Crippen LogP contribution is 2.28. The van der Waals surface area contributed by atoms with E-state index in [0.717, 1.165) is 0 Å². The van der Waals surface area contributed by atoms with E-state index in [4.69, 9.17) is 11.6 Å². The fourth-order valence-electron chi connectivity index (χ4n) is 3.77. The van der Waals surface area contributed by atoms with Crippen molar-refractivity contribution in [3.05, 3.63) is 69.9 Å². The summed E-state index contributed by atoms with van der Waals surface area (Å²) in [6, 6.07) is 11.4. The summed E-state index contributed by atoms with van der Waals surface area (Å²) in [6.07, 6.45) is 2.20. The topological polar surface area (TPSA) is 125 Å². The zero-order valence-corrected chi connectivity index (χ0v) is 19.4. The second-order valence-corrected chi connectivity index (χ2v) is 10.0. The normalized spacial score (nSPS) is 15.3. The van der Waals surface area contributed by atoms with E-state index in [-0.39, 0.29) is 40.5 Å². The zero-order chi connectivity index (χ0) is 23.6. The average Bonchev–Trinajstić information content (AvgIpc) is 2.79. The van der Waals surface area contributed by atoms with Gasteiger partial charge in [-0.05, 0) is 44.0 Å². The number of anilines is 1. The Balaban J connectivity index is 1.42. The summed E-state index contributed by atoms with van der Waals surface area (Å²) < 4.78 is 27.1.